The summed E-state index contributed by atoms with van der Waals surface area (Å²) in [5, 5.41) is 6.63. The Morgan fingerprint density at radius 2 is 1.90 bits per heavy atom. The van der Waals surface area contributed by atoms with E-state index >= 15 is 0 Å². The highest BCUT2D eigenvalue weighted by molar-refractivity contribution is 4.80. The molecule has 0 aromatic rings. The highest BCUT2D eigenvalue weighted by Crippen LogP contribution is 2.18. The summed E-state index contributed by atoms with van der Waals surface area (Å²) in [4.78, 5) is 0. The van der Waals surface area contributed by atoms with Crippen molar-refractivity contribution in [3.05, 3.63) is 0 Å². The molecule has 0 bridgehead atoms. The van der Waals surface area contributed by atoms with E-state index in [1.807, 2.05) is 7.05 Å². The normalized spacial score (nSPS) is 17.7. The van der Waals surface area contributed by atoms with Gasteiger partial charge in [-0.3, -0.25) is 0 Å². The van der Waals surface area contributed by atoms with Crippen LogP contribution >= 0.6 is 0 Å². The molecule has 1 rings (SSSR count). The van der Waals surface area contributed by atoms with Gasteiger partial charge in [-0.2, -0.15) is 0 Å². The fourth-order valence-corrected chi connectivity index (χ4v) is 1.02. The molecule has 0 atom stereocenters. The Balaban J connectivity index is 1.68. The molecule has 0 spiro atoms. The van der Waals surface area contributed by atoms with Crippen molar-refractivity contribution in [3.8, 4) is 0 Å². The average Bonchev–Trinajstić information content (AvgIpc) is 2.71. The minimum Gasteiger partial charge on any atom is -0.320 e. The van der Waals surface area contributed by atoms with Gasteiger partial charge in [0.25, 0.3) is 0 Å². The molecule has 0 saturated heterocycles. The third-order valence-corrected chi connectivity index (χ3v) is 1.86. The van der Waals surface area contributed by atoms with Gasteiger partial charge in [0, 0.05) is 6.04 Å². The van der Waals surface area contributed by atoms with Gasteiger partial charge in [-0.15, -0.1) is 0 Å². The zero-order chi connectivity index (χ0) is 7.23. The van der Waals surface area contributed by atoms with Gasteiger partial charge in [0.1, 0.15) is 0 Å². The molecule has 0 heterocycles. The van der Waals surface area contributed by atoms with Crippen LogP contribution in [0.5, 0.6) is 0 Å². The summed E-state index contributed by atoms with van der Waals surface area (Å²) in [5.74, 6) is 0. The summed E-state index contributed by atoms with van der Waals surface area (Å²) in [5.41, 5.74) is 0. The second kappa shape index (κ2) is 4.69. The van der Waals surface area contributed by atoms with Gasteiger partial charge >= 0.3 is 0 Å². The Labute approximate surface area is 63.4 Å². The van der Waals surface area contributed by atoms with Gasteiger partial charge in [-0.1, -0.05) is 0 Å². The Morgan fingerprint density at radius 3 is 2.50 bits per heavy atom. The van der Waals surface area contributed by atoms with E-state index < -0.39 is 0 Å². The van der Waals surface area contributed by atoms with Crippen LogP contribution in [0.15, 0.2) is 0 Å². The molecule has 0 unspecified atom stereocenters. The van der Waals surface area contributed by atoms with E-state index in [-0.39, 0.29) is 0 Å². The van der Waals surface area contributed by atoms with Crippen LogP contribution in [0.4, 0.5) is 0 Å². The fourth-order valence-electron chi connectivity index (χ4n) is 1.02. The molecule has 0 aromatic carbocycles. The van der Waals surface area contributed by atoms with Crippen LogP contribution in [0.25, 0.3) is 0 Å². The van der Waals surface area contributed by atoms with Gasteiger partial charge in [0.15, 0.2) is 0 Å². The molecule has 2 heteroatoms. The lowest BCUT2D eigenvalue weighted by atomic mass is 10.3. The van der Waals surface area contributed by atoms with Crippen LogP contribution in [0.1, 0.15) is 25.7 Å². The Kier molecular flexibility index (Phi) is 3.76. The van der Waals surface area contributed by atoms with Gasteiger partial charge in [-0.25, -0.2) is 0 Å². The zero-order valence-electron chi connectivity index (χ0n) is 6.82. The first-order chi connectivity index (χ1) is 4.93. The van der Waals surface area contributed by atoms with E-state index in [1.165, 1.54) is 32.2 Å². The van der Waals surface area contributed by atoms with Crippen LogP contribution in [0, 0.1) is 0 Å². The molecular weight excluding hydrogens is 124 g/mol. The second-order valence-corrected chi connectivity index (χ2v) is 3.04. The summed E-state index contributed by atoms with van der Waals surface area (Å²) in [6, 6.07) is 0.884. The zero-order valence-corrected chi connectivity index (χ0v) is 6.82. The molecule has 1 saturated carbocycles. The molecule has 0 aromatic heterocycles. The molecule has 1 fully saturated rings. The number of unbranched alkanes of at least 4 members (excludes halogenated alkanes) is 1. The van der Waals surface area contributed by atoms with Crippen molar-refractivity contribution in [1.29, 1.82) is 0 Å². The summed E-state index contributed by atoms with van der Waals surface area (Å²) in [7, 11) is 2.01. The maximum Gasteiger partial charge on any atom is 0.00682 e. The smallest absolute Gasteiger partial charge is 0.00682 e. The summed E-state index contributed by atoms with van der Waals surface area (Å²) < 4.78 is 0. The highest BCUT2D eigenvalue weighted by Gasteiger charge is 2.19. The minimum atomic E-state index is 0.884. The number of nitrogens with one attached hydrogen (secondary N) is 2. The number of hydrogen-bond donors (Lipinski definition) is 2. The highest BCUT2D eigenvalue weighted by atomic mass is 14.9. The molecule has 2 nitrogen and oxygen atoms in total. The predicted octanol–water partition coefficient (Wildman–Crippen LogP) is 0.738. The molecule has 60 valence electrons. The predicted molar refractivity (Wildman–Crippen MR) is 44.2 cm³/mol. The van der Waals surface area contributed by atoms with E-state index in [9.17, 15) is 0 Å². The minimum absolute atomic E-state index is 0.884. The lowest BCUT2D eigenvalue weighted by molar-refractivity contribution is 0.603. The maximum absolute atomic E-state index is 3.49. The molecule has 0 radical (unpaired) electrons. The van der Waals surface area contributed by atoms with E-state index in [2.05, 4.69) is 10.6 Å². The van der Waals surface area contributed by atoms with Crippen LogP contribution < -0.4 is 10.6 Å². The van der Waals surface area contributed by atoms with Crippen molar-refractivity contribution in [2.75, 3.05) is 20.1 Å². The van der Waals surface area contributed by atoms with E-state index in [4.69, 9.17) is 0 Å². The molecule has 1 aliphatic carbocycles. The van der Waals surface area contributed by atoms with Crippen LogP contribution in [-0.2, 0) is 0 Å². The average molecular weight is 142 g/mol. The fraction of sp³-hybridized carbons (Fsp3) is 1.00. The second-order valence-electron chi connectivity index (χ2n) is 3.04. The SMILES string of the molecule is CNCCCCNC1CC1. The topological polar surface area (TPSA) is 24.1 Å². The molecule has 2 N–H and O–H groups in total. The summed E-state index contributed by atoms with van der Waals surface area (Å²) >= 11 is 0. The van der Waals surface area contributed by atoms with Gasteiger partial charge < -0.3 is 10.6 Å². The lowest BCUT2D eigenvalue weighted by Gasteiger charge is -2.01. The molecule has 0 aliphatic heterocycles. The number of hydrogen-bond acceptors (Lipinski definition) is 2. The quantitative estimate of drug-likeness (QED) is 0.534. The van der Waals surface area contributed by atoms with Gasteiger partial charge in [0.2, 0.25) is 0 Å². The third kappa shape index (κ3) is 3.85. The lowest BCUT2D eigenvalue weighted by Crippen LogP contribution is -2.18. The molecule has 1 aliphatic rings. The first kappa shape index (κ1) is 8.02. The molecule has 10 heavy (non-hydrogen) atoms. The van der Waals surface area contributed by atoms with Crippen molar-refractivity contribution in [3.63, 3.8) is 0 Å². The first-order valence-electron chi connectivity index (χ1n) is 4.31. The molecule has 0 amide bonds. The first-order valence-corrected chi connectivity index (χ1v) is 4.31. The Morgan fingerprint density at radius 1 is 1.20 bits per heavy atom. The van der Waals surface area contributed by atoms with Crippen LogP contribution in [-0.4, -0.2) is 26.2 Å². The van der Waals surface area contributed by atoms with E-state index in [0.717, 1.165) is 12.6 Å². The van der Waals surface area contributed by atoms with Gasteiger partial charge in [-0.05, 0) is 45.8 Å². The van der Waals surface area contributed by atoms with Gasteiger partial charge in [0.05, 0.1) is 0 Å². The van der Waals surface area contributed by atoms with E-state index in [0.29, 0.717) is 0 Å². The summed E-state index contributed by atoms with van der Waals surface area (Å²) in [6.45, 7) is 2.37. The van der Waals surface area contributed by atoms with Crippen molar-refractivity contribution in [2.24, 2.45) is 0 Å². The largest absolute Gasteiger partial charge is 0.320 e. The maximum atomic E-state index is 3.49. The van der Waals surface area contributed by atoms with Crippen molar-refractivity contribution in [2.45, 2.75) is 31.7 Å². The van der Waals surface area contributed by atoms with Crippen molar-refractivity contribution in [1.82, 2.24) is 10.6 Å². The Hall–Kier alpha value is -0.0800. The standard InChI is InChI=1S/C8H18N2/c1-9-6-2-3-7-10-8-4-5-8/h8-10H,2-7H2,1H3. The summed E-state index contributed by atoms with van der Waals surface area (Å²) in [6.07, 6.45) is 5.44. The van der Waals surface area contributed by atoms with Crippen molar-refractivity contribution >= 4 is 0 Å². The number of rotatable bonds is 6. The van der Waals surface area contributed by atoms with Crippen molar-refractivity contribution < 1.29 is 0 Å². The Bertz CT molecular complexity index is 79.3. The van der Waals surface area contributed by atoms with Crippen LogP contribution in [0.2, 0.25) is 0 Å². The monoisotopic (exact) mass is 142 g/mol. The third-order valence-electron chi connectivity index (χ3n) is 1.86. The molecular formula is C8H18N2. The van der Waals surface area contributed by atoms with E-state index in [1.54, 1.807) is 0 Å². The van der Waals surface area contributed by atoms with Crippen LogP contribution in [0.3, 0.4) is 0 Å².